The van der Waals surface area contributed by atoms with E-state index in [1.54, 1.807) is 24.9 Å². The highest BCUT2D eigenvalue weighted by Gasteiger charge is 2.25. The second kappa shape index (κ2) is 5.79. The molecule has 0 bridgehead atoms. The van der Waals surface area contributed by atoms with Crippen LogP contribution in [0.15, 0.2) is 12.1 Å². The molecule has 0 spiro atoms. The SMILES string of the molecule is Cc1c(N)cc(C(=O)N(C)C2CCN(C)CC2)cc1F. The molecule has 0 aliphatic carbocycles. The van der Waals surface area contributed by atoms with Crippen LogP contribution in [0.3, 0.4) is 0 Å². The first-order valence-corrected chi connectivity index (χ1v) is 6.91. The van der Waals surface area contributed by atoms with Gasteiger partial charge in [-0.2, -0.15) is 0 Å². The van der Waals surface area contributed by atoms with Gasteiger partial charge in [-0.15, -0.1) is 0 Å². The van der Waals surface area contributed by atoms with Crippen molar-refractivity contribution >= 4 is 11.6 Å². The molecule has 0 unspecified atom stereocenters. The van der Waals surface area contributed by atoms with Crippen LogP contribution in [-0.2, 0) is 0 Å². The van der Waals surface area contributed by atoms with Crippen LogP contribution < -0.4 is 5.73 Å². The summed E-state index contributed by atoms with van der Waals surface area (Å²) in [5, 5.41) is 0. The fourth-order valence-electron chi connectivity index (χ4n) is 2.58. The Balaban J connectivity index is 2.14. The molecule has 5 heteroatoms. The maximum atomic E-state index is 13.7. The third kappa shape index (κ3) is 2.93. The molecule has 1 aromatic rings. The summed E-state index contributed by atoms with van der Waals surface area (Å²) in [6.45, 7) is 3.57. The van der Waals surface area contributed by atoms with Gasteiger partial charge in [0, 0.05) is 29.9 Å². The Kier molecular flexibility index (Phi) is 4.28. The second-order valence-corrected chi connectivity index (χ2v) is 5.62. The Morgan fingerprint density at radius 3 is 2.55 bits per heavy atom. The molecule has 2 rings (SSSR count). The van der Waals surface area contributed by atoms with Crippen LogP contribution in [-0.4, -0.2) is 48.9 Å². The lowest BCUT2D eigenvalue weighted by Crippen LogP contribution is -2.44. The normalized spacial score (nSPS) is 17.2. The van der Waals surface area contributed by atoms with Crippen LogP contribution in [0.2, 0.25) is 0 Å². The molecule has 1 aromatic carbocycles. The topological polar surface area (TPSA) is 49.6 Å². The number of piperidine rings is 1. The lowest BCUT2D eigenvalue weighted by Gasteiger charge is -2.35. The molecule has 1 saturated heterocycles. The lowest BCUT2D eigenvalue weighted by atomic mass is 10.0. The van der Waals surface area contributed by atoms with Gasteiger partial charge in [-0.25, -0.2) is 4.39 Å². The maximum absolute atomic E-state index is 13.7. The molecule has 0 aromatic heterocycles. The number of nitrogens with zero attached hydrogens (tertiary/aromatic N) is 2. The highest BCUT2D eigenvalue weighted by molar-refractivity contribution is 5.95. The first-order valence-electron chi connectivity index (χ1n) is 6.91. The first-order chi connectivity index (χ1) is 9.40. The molecule has 20 heavy (non-hydrogen) atoms. The minimum absolute atomic E-state index is 0.162. The smallest absolute Gasteiger partial charge is 0.254 e. The summed E-state index contributed by atoms with van der Waals surface area (Å²) in [5.41, 5.74) is 6.78. The first kappa shape index (κ1) is 14.8. The Hall–Kier alpha value is -1.62. The Morgan fingerprint density at radius 2 is 2.00 bits per heavy atom. The van der Waals surface area contributed by atoms with Gasteiger partial charge in [0.05, 0.1) is 0 Å². The predicted molar refractivity (Wildman–Crippen MR) is 78.2 cm³/mol. The van der Waals surface area contributed by atoms with E-state index in [9.17, 15) is 9.18 Å². The van der Waals surface area contributed by atoms with Gasteiger partial charge in [-0.3, -0.25) is 4.79 Å². The Bertz CT molecular complexity index is 487. The Morgan fingerprint density at radius 1 is 1.40 bits per heavy atom. The van der Waals surface area contributed by atoms with Gasteiger partial charge >= 0.3 is 0 Å². The van der Waals surface area contributed by atoms with Crippen molar-refractivity contribution in [2.24, 2.45) is 0 Å². The fourth-order valence-corrected chi connectivity index (χ4v) is 2.58. The molecule has 1 amide bonds. The van der Waals surface area contributed by atoms with Gasteiger partial charge in [0.2, 0.25) is 0 Å². The highest BCUT2D eigenvalue weighted by Crippen LogP contribution is 2.21. The van der Waals surface area contributed by atoms with Crippen molar-refractivity contribution in [1.82, 2.24) is 9.80 Å². The molecule has 1 aliphatic rings. The quantitative estimate of drug-likeness (QED) is 0.841. The number of benzene rings is 1. The van der Waals surface area contributed by atoms with Gasteiger partial charge in [-0.05, 0) is 52.0 Å². The second-order valence-electron chi connectivity index (χ2n) is 5.62. The minimum Gasteiger partial charge on any atom is -0.398 e. The van der Waals surface area contributed by atoms with E-state index in [-0.39, 0.29) is 11.9 Å². The average Bonchev–Trinajstić information content (AvgIpc) is 2.43. The highest BCUT2D eigenvalue weighted by atomic mass is 19.1. The van der Waals surface area contributed by atoms with Crippen molar-refractivity contribution in [3.05, 3.63) is 29.1 Å². The largest absolute Gasteiger partial charge is 0.398 e. The van der Waals surface area contributed by atoms with E-state index in [4.69, 9.17) is 5.73 Å². The number of hydrogen-bond acceptors (Lipinski definition) is 3. The van der Waals surface area contributed by atoms with Crippen LogP contribution in [0.5, 0.6) is 0 Å². The van der Waals surface area contributed by atoms with Crippen LogP contribution >= 0.6 is 0 Å². The van der Waals surface area contributed by atoms with E-state index in [0.717, 1.165) is 25.9 Å². The molecular formula is C15H22FN3O. The zero-order valence-electron chi connectivity index (χ0n) is 12.3. The van der Waals surface area contributed by atoms with E-state index >= 15 is 0 Å². The van der Waals surface area contributed by atoms with Gasteiger partial charge < -0.3 is 15.5 Å². The third-order valence-corrected chi connectivity index (χ3v) is 4.19. The summed E-state index contributed by atoms with van der Waals surface area (Å²) >= 11 is 0. The van der Waals surface area contributed by atoms with Crippen molar-refractivity contribution in [1.29, 1.82) is 0 Å². The van der Waals surface area contributed by atoms with Crippen LogP contribution in [0.4, 0.5) is 10.1 Å². The summed E-state index contributed by atoms with van der Waals surface area (Å²) in [7, 11) is 3.86. The summed E-state index contributed by atoms with van der Waals surface area (Å²) in [5.74, 6) is -0.588. The number of nitrogen functional groups attached to an aromatic ring is 1. The number of carbonyl (C=O) groups is 1. The molecular weight excluding hydrogens is 257 g/mol. The fraction of sp³-hybridized carbons (Fsp3) is 0.533. The van der Waals surface area contributed by atoms with E-state index in [1.807, 2.05) is 0 Å². The van der Waals surface area contributed by atoms with Gasteiger partial charge in [0.1, 0.15) is 5.82 Å². The van der Waals surface area contributed by atoms with Crippen molar-refractivity contribution in [2.45, 2.75) is 25.8 Å². The molecule has 0 saturated carbocycles. The van der Waals surface area contributed by atoms with Crippen LogP contribution in [0.25, 0.3) is 0 Å². The number of hydrogen-bond donors (Lipinski definition) is 1. The monoisotopic (exact) mass is 279 g/mol. The standard InChI is InChI=1S/C15H22FN3O/c1-10-13(16)8-11(9-14(10)17)15(20)19(3)12-4-6-18(2)7-5-12/h8-9,12H,4-7,17H2,1-3H3. The maximum Gasteiger partial charge on any atom is 0.254 e. The third-order valence-electron chi connectivity index (χ3n) is 4.19. The summed E-state index contributed by atoms with van der Waals surface area (Å²) in [6.07, 6.45) is 1.89. The van der Waals surface area contributed by atoms with E-state index in [0.29, 0.717) is 16.8 Å². The number of amides is 1. The number of halogens is 1. The number of carbonyl (C=O) groups excluding carboxylic acids is 1. The molecule has 1 fully saturated rings. The average molecular weight is 279 g/mol. The molecule has 4 nitrogen and oxygen atoms in total. The van der Waals surface area contributed by atoms with Gasteiger partial charge in [-0.1, -0.05) is 0 Å². The number of anilines is 1. The lowest BCUT2D eigenvalue weighted by molar-refractivity contribution is 0.0659. The van der Waals surface area contributed by atoms with E-state index in [2.05, 4.69) is 11.9 Å². The van der Waals surface area contributed by atoms with Crippen molar-refractivity contribution in [3.63, 3.8) is 0 Å². The minimum atomic E-state index is -0.426. The van der Waals surface area contributed by atoms with Crippen molar-refractivity contribution in [3.8, 4) is 0 Å². The number of nitrogens with two attached hydrogens (primary N) is 1. The van der Waals surface area contributed by atoms with E-state index < -0.39 is 5.82 Å². The molecule has 1 aliphatic heterocycles. The number of rotatable bonds is 2. The zero-order chi connectivity index (χ0) is 14.9. The summed E-state index contributed by atoms with van der Waals surface area (Å²) in [6, 6.07) is 3.05. The van der Waals surface area contributed by atoms with Crippen molar-refractivity contribution < 1.29 is 9.18 Å². The Labute approximate surface area is 119 Å². The predicted octanol–water partition coefficient (Wildman–Crippen LogP) is 1.88. The van der Waals surface area contributed by atoms with Crippen LogP contribution in [0, 0.1) is 12.7 Å². The molecule has 1 heterocycles. The molecule has 0 atom stereocenters. The zero-order valence-corrected chi connectivity index (χ0v) is 12.3. The molecule has 110 valence electrons. The van der Waals surface area contributed by atoms with Crippen molar-refractivity contribution in [2.75, 3.05) is 32.9 Å². The van der Waals surface area contributed by atoms with Crippen LogP contribution in [0.1, 0.15) is 28.8 Å². The summed E-state index contributed by atoms with van der Waals surface area (Å²) < 4.78 is 13.7. The van der Waals surface area contributed by atoms with Gasteiger partial charge in [0.25, 0.3) is 5.91 Å². The molecule has 2 N–H and O–H groups in total. The molecule has 0 radical (unpaired) electrons. The summed E-state index contributed by atoms with van der Waals surface area (Å²) in [4.78, 5) is 16.4. The van der Waals surface area contributed by atoms with E-state index in [1.165, 1.54) is 6.07 Å². The van der Waals surface area contributed by atoms with Gasteiger partial charge in [0.15, 0.2) is 0 Å². The number of likely N-dealkylation sites (tertiary alicyclic amines) is 1.